The molecule has 0 aliphatic carbocycles. The lowest BCUT2D eigenvalue weighted by atomic mass is 9.88. The molecule has 0 bridgehead atoms. The molecule has 1 atom stereocenters. The lowest BCUT2D eigenvalue weighted by Gasteiger charge is -2.32. The van der Waals surface area contributed by atoms with Gasteiger partial charge in [0.2, 0.25) is 0 Å². The minimum absolute atomic E-state index is 0.151. The zero-order valence-electron chi connectivity index (χ0n) is 10.9. The molecule has 1 N–H and O–H groups in total. The fourth-order valence-corrected chi connectivity index (χ4v) is 2.54. The number of hydrogen-bond donors (Lipinski definition) is 1. The monoisotopic (exact) mass is 228 g/mol. The highest BCUT2D eigenvalue weighted by Gasteiger charge is 2.29. The first kappa shape index (κ1) is 13.5. The fraction of sp³-hybridized carbons (Fsp3) is 0.917. The van der Waals surface area contributed by atoms with Gasteiger partial charge in [-0.1, -0.05) is 13.8 Å². The predicted molar refractivity (Wildman–Crippen MR) is 64.6 cm³/mol. The third kappa shape index (κ3) is 4.10. The molecule has 0 aromatic heterocycles. The van der Waals surface area contributed by atoms with Crippen molar-refractivity contribution >= 4 is 5.97 Å². The van der Waals surface area contributed by atoms with E-state index in [0.29, 0.717) is 6.04 Å². The van der Waals surface area contributed by atoms with Gasteiger partial charge < -0.3 is 14.9 Å². The van der Waals surface area contributed by atoms with E-state index in [-0.39, 0.29) is 11.8 Å². The maximum absolute atomic E-state index is 10.7. The summed E-state index contributed by atoms with van der Waals surface area (Å²) < 4.78 is 0. The average molecular weight is 228 g/mol. The summed E-state index contributed by atoms with van der Waals surface area (Å²) in [4.78, 5) is 15.4. The number of likely N-dealkylation sites (N-methyl/N-ethyl adjacent to an activating group) is 2. The number of likely N-dealkylation sites (tertiary alicyclic amines) is 1. The van der Waals surface area contributed by atoms with Crippen molar-refractivity contribution in [1.29, 1.82) is 0 Å². The van der Waals surface area contributed by atoms with E-state index < -0.39 is 5.97 Å². The minimum atomic E-state index is -0.707. The highest BCUT2D eigenvalue weighted by atomic mass is 16.4. The van der Waals surface area contributed by atoms with Crippen molar-refractivity contribution in [2.45, 2.75) is 32.7 Å². The third-order valence-electron chi connectivity index (χ3n) is 3.30. The second-order valence-corrected chi connectivity index (χ2v) is 5.85. The number of carboxylic acids is 1. The number of carbonyl (C=O) groups is 1. The van der Waals surface area contributed by atoms with Gasteiger partial charge >= 0.3 is 5.97 Å². The maximum atomic E-state index is 10.7. The van der Waals surface area contributed by atoms with Gasteiger partial charge in [0.1, 0.15) is 0 Å². The lowest BCUT2D eigenvalue weighted by molar-refractivity contribution is -0.139. The van der Waals surface area contributed by atoms with Crippen LogP contribution in [0.5, 0.6) is 0 Å². The molecule has 1 heterocycles. The van der Waals surface area contributed by atoms with Gasteiger partial charge in [-0.05, 0) is 32.5 Å². The Morgan fingerprint density at radius 3 is 2.62 bits per heavy atom. The van der Waals surface area contributed by atoms with Crippen molar-refractivity contribution < 1.29 is 9.90 Å². The number of nitrogens with zero attached hydrogens (tertiary/aromatic N) is 2. The van der Waals surface area contributed by atoms with Crippen molar-refractivity contribution in [2.24, 2.45) is 5.41 Å². The van der Waals surface area contributed by atoms with Gasteiger partial charge in [0.05, 0.1) is 6.42 Å². The van der Waals surface area contributed by atoms with Gasteiger partial charge in [-0.15, -0.1) is 0 Å². The van der Waals surface area contributed by atoms with Crippen LogP contribution in [0.3, 0.4) is 0 Å². The first-order chi connectivity index (χ1) is 7.30. The lowest BCUT2D eigenvalue weighted by Crippen LogP contribution is -2.40. The van der Waals surface area contributed by atoms with Gasteiger partial charge in [0.25, 0.3) is 0 Å². The Bertz CT molecular complexity index is 253. The van der Waals surface area contributed by atoms with Crippen LogP contribution < -0.4 is 0 Å². The number of rotatable bonds is 5. The van der Waals surface area contributed by atoms with Crippen LogP contribution in [0.25, 0.3) is 0 Å². The largest absolute Gasteiger partial charge is 0.481 e. The molecular formula is C12H24N2O2. The zero-order valence-corrected chi connectivity index (χ0v) is 10.9. The van der Waals surface area contributed by atoms with Crippen LogP contribution in [-0.2, 0) is 4.79 Å². The molecular weight excluding hydrogens is 204 g/mol. The molecule has 0 aromatic carbocycles. The van der Waals surface area contributed by atoms with E-state index in [1.165, 1.54) is 6.42 Å². The molecule has 0 amide bonds. The minimum Gasteiger partial charge on any atom is -0.481 e. The van der Waals surface area contributed by atoms with E-state index in [0.717, 1.165) is 19.6 Å². The molecule has 0 aromatic rings. The quantitative estimate of drug-likeness (QED) is 0.766. The summed E-state index contributed by atoms with van der Waals surface area (Å²) in [6.45, 7) is 7.14. The van der Waals surface area contributed by atoms with Crippen molar-refractivity contribution in [1.82, 2.24) is 9.80 Å². The summed E-state index contributed by atoms with van der Waals surface area (Å²) in [7, 11) is 4.24. The second-order valence-electron chi connectivity index (χ2n) is 5.85. The highest BCUT2D eigenvalue weighted by molar-refractivity contribution is 5.67. The summed E-state index contributed by atoms with van der Waals surface area (Å²) in [5.74, 6) is -0.707. The molecule has 0 saturated carbocycles. The Balaban J connectivity index is 2.43. The first-order valence-corrected chi connectivity index (χ1v) is 5.91. The van der Waals surface area contributed by atoms with Crippen LogP contribution in [0.15, 0.2) is 0 Å². The molecule has 1 saturated heterocycles. The molecule has 0 radical (unpaired) electrons. The molecule has 1 unspecified atom stereocenters. The highest BCUT2D eigenvalue weighted by Crippen LogP contribution is 2.24. The van der Waals surface area contributed by atoms with Crippen LogP contribution in [0.4, 0.5) is 0 Å². The molecule has 1 fully saturated rings. The standard InChI is InChI=1S/C12H24N2O2/c1-12(2,7-11(15)16)9-14(4)10-5-6-13(3)8-10/h10H,5-9H2,1-4H3,(H,15,16). The van der Waals surface area contributed by atoms with Gasteiger partial charge in [0.15, 0.2) is 0 Å². The van der Waals surface area contributed by atoms with E-state index in [4.69, 9.17) is 5.11 Å². The smallest absolute Gasteiger partial charge is 0.303 e. The zero-order chi connectivity index (χ0) is 12.3. The Kier molecular flexibility index (Phi) is 4.33. The SMILES string of the molecule is CN1CCC(N(C)CC(C)(C)CC(=O)O)C1. The van der Waals surface area contributed by atoms with E-state index >= 15 is 0 Å². The third-order valence-corrected chi connectivity index (χ3v) is 3.30. The van der Waals surface area contributed by atoms with Crippen LogP contribution in [0.2, 0.25) is 0 Å². The molecule has 4 heteroatoms. The molecule has 94 valence electrons. The topological polar surface area (TPSA) is 43.8 Å². The first-order valence-electron chi connectivity index (χ1n) is 5.91. The Morgan fingerprint density at radius 1 is 1.56 bits per heavy atom. The Labute approximate surface area is 98.2 Å². The van der Waals surface area contributed by atoms with E-state index in [1.807, 2.05) is 13.8 Å². The normalized spacial score (nSPS) is 22.9. The number of aliphatic carboxylic acids is 1. The van der Waals surface area contributed by atoms with Gasteiger partial charge in [-0.2, -0.15) is 0 Å². The van der Waals surface area contributed by atoms with E-state index in [2.05, 4.69) is 23.9 Å². The molecule has 16 heavy (non-hydrogen) atoms. The molecule has 1 aliphatic rings. The van der Waals surface area contributed by atoms with E-state index in [1.54, 1.807) is 0 Å². The van der Waals surface area contributed by atoms with Gasteiger partial charge in [-0.25, -0.2) is 0 Å². The van der Waals surface area contributed by atoms with Crippen LogP contribution in [0.1, 0.15) is 26.7 Å². The van der Waals surface area contributed by atoms with Crippen molar-refractivity contribution in [2.75, 3.05) is 33.7 Å². The molecule has 0 spiro atoms. The van der Waals surface area contributed by atoms with Crippen LogP contribution >= 0.6 is 0 Å². The number of hydrogen-bond acceptors (Lipinski definition) is 3. The summed E-state index contributed by atoms with van der Waals surface area (Å²) in [6, 6.07) is 0.582. The Morgan fingerprint density at radius 2 is 2.19 bits per heavy atom. The predicted octanol–water partition coefficient (Wildman–Crippen LogP) is 1.12. The summed E-state index contributed by atoms with van der Waals surface area (Å²) in [5, 5.41) is 8.84. The van der Waals surface area contributed by atoms with Crippen molar-refractivity contribution in [3.05, 3.63) is 0 Å². The molecule has 4 nitrogen and oxygen atoms in total. The van der Waals surface area contributed by atoms with Crippen LogP contribution in [0, 0.1) is 5.41 Å². The molecule has 1 aliphatic heterocycles. The van der Waals surface area contributed by atoms with Gasteiger partial charge in [-0.3, -0.25) is 4.79 Å². The molecule has 1 rings (SSSR count). The maximum Gasteiger partial charge on any atom is 0.303 e. The van der Waals surface area contributed by atoms with Crippen LogP contribution in [-0.4, -0.2) is 60.6 Å². The van der Waals surface area contributed by atoms with Crippen molar-refractivity contribution in [3.63, 3.8) is 0 Å². The van der Waals surface area contributed by atoms with Crippen molar-refractivity contribution in [3.8, 4) is 0 Å². The average Bonchev–Trinajstić information content (AvgIpc) is 2.47. The van der Waals surface area contributed by atoms with E-state index in [9.17, 15) is 4.79 Å². The van der Waals surface area contributed by atoms with Gasteiger partial charge in [0, 0.05) is 19.1 Å². The summed E-state index contributed by atoms with van der Waals surface area (Å²) in [5.41, 5.74) is -0.151. The second kappa shape index (κ2) is 5.15. The Hall–Kier alpha value is -0.610. The summed E-state index contributed by atoms with van der Waals surface area (Å²) in [6.07, 6.45) is 1.43. The fourth-order valence-electron chi connectivity index (χ4n) is 2.54. The summed E-state index contributed by atoms with van der Waals surface area (Å²) >= 11 is 0. The number of carboxylic acid groups (broad SMARTS) is 1.